The second kappa shape index (κ2) is 8.97. The zero-order valence-corrected chi connectivity index (χ0v) is 16.1. The minimum absolute atomic E-state index is 0. The summed E-state index contributed by atoms with van der Waals surface area (Å²) >= 11 is 0. The monoisotopic (exact) mass is 372 g/mol. The van der Waals surface area contributed by atoms with Crippen molar-refractivity contribution < 1.29 is 9.59 Å². The first-order valence-corrected chi connectivity index (χ1v) is 8.79. The maximum Gasteiger partial charge on any atom is 0.254 e. The summed E-state index contributed by atoms with van der Waals surface area (Å²) in [5.41, 5.74) is 3.83. The quantitative estimate of drug-likeness (QED) is 0.840. The number of halogens is 1. The topological polar surface area (TPSA) is 49.4 Å². The van der Waals surface area contributed by atoms with E-state index in [9.17, 15) is 9.59 Å². The van der Waals surface area contributed by atoms with Crippen molar-refractivity contribution in [2.24, 2.45) is 0 Å². The predicted octanol–water partition coefficient (Wildman–Crippen LogP) is 3.39. The first kappa shape index (κ1) is 20.1. The van der Waals surface area contributed by atoms with Crippen LogP contribution in [0, 0.1) is 13.8 Å². The van der Waals surface area contributed by atoms with Crippen LogP contribution in [0.5, 0.6) is 0 Å². The second-order valence-electron chi connectivity index (χ2n) is 6.57. The number of nitrogens with one attached hydrogen (secondary N) is 1. The molecule has 2 aromatic carbocycles. The number of aryl methyl sites for hydroxylation is 2. The van der Waals surface area contributed by atoms with Crippen molar-refractivity contribution in [3.8, 4) is 0 Å². The van der Waals surface area contributed by atoms with Gasteiger partial charge in [-0.1, -0.05) is 30.3 Å². The van der Waals surface area contributed by atoms with E-state index < -0.39 is 0 Å². The van der Waals surface area contributed by atoms with Crippen LogP contribution in [0.1, 0.15) is 43.8 Å². The number of carbonyl (C=O) groups is 2. The van der Waals surface area contributed by atoms with E-state index in [-0.39, 0.29) is 24.1 Å². The van der Waals surface area contributed by atoms with E-state index >= 15 is 0 Å². The van der Waals surface area contributed by atoms with Gasteiger partial charge in [-0.3, -0.25) is 9.59 Å². The fraction of sp³-hybridized carbons (Fsp3) is 0.333. The Morgan fingerprint density at radius 1 is 0.923 bits per heavy atom. The van der Waals surface area contributed by atoms with Gasteiger partial charge in [0.05, 0.1) is 5.56 Å². The third-order valence-corrected chi connectivity index (χ3v) is 4.80. The van der Waals surface area contributed by atoms with Crippen LogP contribution in [0.3, 0.4) is 0 Å². The van der Waals surface area contributed by atoms with Crippen LogP contribution in [0.25, 0.3) is 0 Å². The zero-order valence-electron chi connectivity index (χ0n) is 15.2. The zero-order chi connectivity index (χ0) is 17.8. The summed E-state index contributed by atoms with van der Waals surface area (Å²) in [6, 6.07) is 12.8. The van der Waals surface area contributed by atoms with Gasteiger partial charge < -0.3 is 10.2 Å². The molecule has 138 valence electrons. The summed E-state index contributed by atoms with van der Waals surface area (Å²) in [5.74, 6) is -0.156. The Morgan fingerprint density at radius 2 is 1.65 bits per heavy atom. The van der Waals surface area contributed by atoms with Crippen LogP contribution in [0.4, 0.5) is 0 Å². The number of nitrogens with zero attached hydrogens (tertiary/aromatic N) is 1. The maximum atomic E-state index is 13.0. The number of rotatable bonds is 3. The molecule has 5 heteroatoms. The molecule has 1 aliphatic rings. The average Bonchev–Trinajstić information content (AvgIpc) is 2.92. The number of benzene rings is 2. The molecule has 3 rings (SSSR count). The molecule has 1 fully saturated rings. The van der Waals surface area contributed by atoms with E-state index in [1.54, 1.807) is 12.1 Å². The number of amides is 1. The SMILES string of the molecule is Cc1ccc(C(=O)c2ccccc2C(=O)N2CCCNCC2)cc1C.Cl. The van der Waals surface area contributed by atoms with Crippen LogP contribution in [-0.4, -0.2) is 42.8 Å². The standard InChI is InChI=1S/C21H24N2O2.ClH/c1-15-8-9-17(14-16(15)2)20(24)18-6-3-4-7-19(18)21(25)23-12-5-10-22-11-13-23;/h3-4,6-9,14,22H,5,10-13H2,1-2H3;1H. The number of carbonyl (C=O) groups excluding carboxylic acids is 2. The van der Waals surface area contributed by atoms with Gasteiger partial charge in [0.2, 0.25) is 0 Å². The minimum Gasteiger partial charge on any atom is -0.337 e. The van der Waals surface area contributed by atoms with E-state index in [0.29, 0.717) is 23.2 Å². The summed E-state index contributed by atoms with van der Waals surface area (Å²) in [4.78, 5) is 27.8. The van der Waals surface area contributed by atoms with Gasteiger partial charge in [-0.15, -0.1) is 12.4 Å². The van der Waals surface area contributed by atoms with Gasteiger partial charge in [-0.2, -0.15) is 0 Å². The highest BCUT2D eigenvalue weighted by atomic mass is 35.5. The van der Waals surface area contributed by atoms with Crippen LogP contribution < -0.4 is 5.32 Å². The Balaban J connectivity index is 0.00000243. The first-order valence-electron chi connectivity index (χ1n) is 8.79. The summed E-state index contributed by atoms with van der Waals surface area (Å²) in [6.45, 7) is 7.12. The van der Waals surface area contributed by atoms with Gasteiger partial charge in [-0.25, -0.2) is 0 Å². The highest BCUT2D eigenvalue weighted by molar-refractivity contribution is 6.15. The lowest BCUT2D eigenvalue weighted by atomic mass is 9.95. The molecule has 0 bridgehead atoms. The molecule has 2 aromatic rings. The molecule has 0 aromatic heterocycles. The van der Waals surface area contributed by atoms with Gasteiger partial charge in [0.15, 0.2) is 5.78 Å². The summed E-state index contributed by atoms with van der Waals surface area (Å²) in [6.07, 6.45) is 0.930. The van der Waals surface area contributed by atoms with Crippen molar-refractivity contribution in [1.29, 1.82) is 0 Å². The van der Waals surface area contributed by atoms with Gasteiger partial charge in [0.1, 0.15) is 0 Å². The van der Waals surface area contributed by atoms with Gasteiger partial charge >= 0.3 is 0 Å². The predicted molar refractivity (Wildman–Crippen MR) is 106 cm³/mol. The Kier molecular flexibility index (Phi) is 6.95. The molecular weight excluding hydrogens is 348 g/mol. The molecule has 26 heavy (non-hydrogen) atoms. The van der Waals surface area contributed by atoms with E-state index in [1.807, 2.05) is 49.1 Å². The Hall–Kier alpha value is -2.17. The van der Waals surface area contributed by atoms with Gasteiger partial charge in [0.25, 0.3) is 5.91 Å². The second-order valence-corrected chi connectivity index (χ2v) is 6.57. The first-order chi connectivity index (χ1) is 12.1. The molecule has 0 atom stereocenters. The van der Waals surface area contributed by atoms with Crippen LogP contribution in [0.2, 0.25) is 0 Å². The molecule has 1 saturated heterocycles. The Morgan fingerprint density at radius 3 is 2.38 bits per heavy atom. The molecule has 1 heterocycles. The fourth-order valence-electron chi connectivity index (χ4n) is 3.12. The van der Waals surface area contributed by atoms with Crippen molar-refractivity contribution in [2.45, 2.75) is 20.3 Å². The van der Waals surface area contributed by atoms with Crippen LogP contribution >= 0.6 is 12.4 Å². The molecule has 0 aliphatic carbocycles. The summed E-state index contributed by atoms with van der Waals surface area (Å²) < 4.78 is 0. The van der Waals surface area contributed by atoms with Gasteiger partial charge in [-0.05, 0) is 50.1 Å². The van der Waals surface area contributed by atoms with Gasteiger partial charge in [0, 0.05) is 30.8 Å². The molecule has 4 nitrogen and oxygen atoms in total. The molecule has 0 radical (unpaired) electrons. The van der Waals surface area contributed by atoms with E-state index in [2.05, 4.69) is 5.32 Å². The van der Waals surface area contributed by atoms with Crippen molar-refractivity contribution in [2.75, 3.05) is 26.2 Å². The molecule has 0 spiro atoms. The smallest absolute Gasteiger partial charge is 0.254 e. The molecule has 1 aliphatic heterocycles. The number of hydrogen-bond acceptors (Lipinski definition) is 3. The summed E-state index contributed by atoms with van der Waals surface area (Å²) in [7, 11) is 0. The summed E-state index contributed by atoms with van der Waals surface area (Å²) in [5, 5.41) is 3.30. The normalized spacial score (nSPS) is 14.3. The molecule has 1 N–H and O–H groups in total. The Labute approximate surface area is 161 Å². The van der Waals surface area contributed by atoms with Crippen molar-refractivity contribution in [3.63, 3.8) is 0 Å². The molecule has 0 saturated carbocycles. The lowest BCUT2D eigenvalue weighted by Crippen LogP contribution is -2.35. The molecule has 1 amide bonds. The maximum absolute atomic E-state index is 13.0. The van der Waals surface area contributed by atoms with Crippen LogP contribution in [-0.2, 0) is 0 Å². The van der Waals surface area contributed by atoms with E-state index in [0.717, 1.165) is 37.2 Å². The van der Waals surface area contributed by atoms with Crippen LogP contribution in [0.15, 0.2) is 42.5 Å². The molecule has 0 unspecified atom stereocenters. The average molecular weight is 373 g/mol. The third-order valence-electron chi connectivity index (χ3n) is 4.80. The Bertz CT molecular complexity index is 796. The number of ketones is 1. The minimum atomic E-state index is -0.0972. The highest BCUT2D eigenvalue weighted by Crippen LogP contribution is 2.19. The van der Waals surface area contributed by atoms with Crippen molar-refractivity contribution in [1.82, 2.24) is 10.2 Å². The van der Waals surface area contributed by atoms with E-state index in [1.165, 1.54) is 0 Å². The lowest BCUT2D eigenvalue weighted by molar-refractivity contribution is 0.0762. The lowest BCUT2D eigenvalue weighted by Gasteiger charge is -2.21. The highest BCUT2D eigenvalue weighted by Gasteiger charge is 2.23. The largest absolute Gasteiger partial charge is 0.337 e. The molecular formula is C21H25ClN2O2. The fourth-order valence-corrected chi connectivity index (χ4v) is 3.12. The van der Waals surface area contributed by atoms with Crippen molar-refractivity contribution >= 4 is 24.1 Å². The third kappa shape index (κ3) is 4.32. The number of hydrogen-bond donors (Lipinski definition) is 1. The van der Waals surface area contributed by atoms with Crippen molar-refractivity contribution in [3.05, 3.63) is 70.3 Å². The van der Waals surface area contributed by atoms with E-state index in [4.69, 9.17) is 0 Å².